The molecule has 4 atom stereocenters. The van der Waals surface area contributed by atoms with Gasteiger partial charge in [-0.25, -0.2) is 13.7 Å². The number of fused-ring (bicyclic) bond motifs is 2. The molecule has 1 unspecified atom stereocenters. The molecule has 3 rings (SSSR count). The molecule has 0 radical (unpaired) electrons. The summed E-state index contributed by atoms with van der Waals surface area (Å²) in [6, 6.07) is 11.1. The molecule has 0 aromatic heterocycles. The summed E-state index contributed by atoms with van der Waals surface area (Å²) in [6.45, 7) is 16.6. The number of carbonyl (C=O) groups excluding carboxylic acids is 2. The van der Waals surface area contributed by atoms with Gasteiger partial charge in [0.05, 0.1) is 24.2 Å². The first-order valence-corrected chi connectivity index (χ1v) is 20.0. The normalized spacial score (nSPS) is 16.6. The van der Waals surface area contributed by atoms with E-state index in [-0.39, 0.29) is 27.3 Å². The number of aryl methyl sites for hydroxylation is 1. The van der Waals surface area contributed by atoms with E-state index in [0.717, 1.165) is 31.2 Å². The molecule has 9 nitrogen and oxygen atoms in total. The van der Waals surface area contributed by atoms with Gasteiger partial charge >= 0.3 is 6.09 Å². The summed E-state index contributed by atoms with van der Waals surface area (Å²) in [5, 5.41) is 0.690. The molecule has 49 heavy (non-hydrogen) atoms. The van der Waals surface area contributed by atoms with Crippen LogP contribution in [0.2, 0.25) is 5.02 Å². The fourth-order valence-electron chi connectivity index (χ4n) is 5.70. The molecule has 2 aromatic carbocycles. The molecule has 2 amide bonds. The van der Waals surface area contributed by atoms with Gasteiger partial charge in [0.2, 0.25) is 0 Å². The molecular formula is C37H51ClIN3O6S. The van der Waals surface area contributed by atoms with Crippen LogP contribution in [0.1, 0.15) is 81.3 Å². The first kappa shape index (κ1) is 40.8. The first-order valence-electron chi connectivity index (χ1n) is 16.7. The molecular weight excluding hydrogens is 777 g/mol. The maximum absolute atomic E-state index is 14.0. The van der Waals surface area contributed by atoms with Gasteiger partial charge in [-0.2, -0.15) is 0 Å². The zero-order valence-corrected chi connectivity index (χ0v) is 33.1. The Kier molecular flexibility index (Phi) is 15.9. The van der Waals surface area contributed by atoms with Crippen LogP contribution < -0.4 is 14.4 Å². The molecule has 1 aliphatic heterocycles. The molecule has 2 aromatic rings. The van der Waals surface area contributed by atoms with Crippen molar-refractivity contribution in [2.24, 2.45) is 10.3 Å². The van der Waals surface area contributed by atoms with Crippen LogP contribution in [0, 0.1) is 5.92 Å². The third-order valence-electron chi connectivity index (χ3n) is 8.13. The summed E-state index contributed by atoms with van der Waals surface area (Å²) in [7, 11) is -1.82. The fraction of sp³-hybridized carbons (Fsp3) is 0.514. The number of alkyl halides is 1. The summed E-state index contributed by atoms with van der Waals surface area (Å²) in [4.78, 5) is 28.7. The number of nitrogens with one attached hydrogen (secondary N) is 1. The number of anilines is 1. The monoisotopic (exact) mass is 827 g/mol. The predicted molar refractivity (Wildman–Crippen MR) is 209 cm³/mol. The number of allylic oxidation sites excluding steroid dienone is 1. The van der Waals surface area contributed by atoms with Gasteiger partial charge in [0, 0.05) is 40.6 Å². The molecule has 0 fully saturated rings. The quantitative estimate of drug-likeness (QED) is 0.0930. The Hall–Kier alpha value is -2.61. The molecule has 12 heteroatoms. The Labute approximate surface area is 311 Å². The standard InChI is InChI=1S/C37H51ClIN3O6S/c1-8-11-14-21-49(45,41-36(44)48-37(4,5)6)40-35(43)27-17-19-34-32(23-27)42(25-31(39)30(9-2)33(10-3)46-7)24-28-16-18-29(38)22-26(28)15-12-13-20-47-34/h8,10,16-19,22-23,30-31,33H,1,3,9,11-15,20-21,24-25H2,2,4-7H3,(H,40,41,43,44,45)/t30-,31+,33+,49?/m1/s1. The number of halogens is 2. The van der Waals surface area contributed by atoms with Crippen LogP contribution in [0.15, 0.2) is 66.1 Å². The number of carbonyl (C=O) groups is 2. The molecule has 1 heterocycles. The summed E-state index contributed by atoms with van der Waals surface area (Å²) in [5.41, 5.74) is 2.42. The van der Waals surface area contributed by atoms with Crippen LogP contribution in [-0.2, 0) is 32.4 Å². The van der Waals surface area contributed by atoms with Gasteiger partial charge in [-0.05, 0) is 101 Å². The van der Waals surface area contributed by atoms with Crippen LogP contribution in [0.4, 0.5) is 10.5 Å². The maximum atomic E-state index is 14.0. The molecule has 0 saturated carbocycles. The molecule has 0 saturated heterocycles. The highest BCUT2D eigenvalue weighted by molar-refractivity contribution is 14.1. The number of rotatable bonds is 13. The lowest BCUT2D eigenvalue weighted by Gasteiger charge is -2.34. The van der Waals surface area contributed by atoms with E-state index in [1.807, 2.05) is 18.2 Å². The minimum absolute atomic E-state index is 0.0393. The van der Waals surface area contributed by atoms with Crippen LogP contribution >= 0.6 is 34.2 Å². The minimum atomic E-state index is -3.52. The van der Waals surface area contributed by atoms with Crippen molar-refractivity contribution >= 4 is 61.8 Å². The van der Waals surface area contributed by atoms with Crippen molar-refractivity contribution in [3.8, 4) is 5.75 Å². The van der Waals surface area contributed by atoms with E-state index in [1.54, 1.807) is 52.2 Å². The summed E-state index contributed by atoms with van der Waals surface area (Å²) >= 11 is 8.92. The number of hydrogen-bond donors (Lipinski definition) is 1. The molecule has 0 aliphatic carbocycles. The molecule has 0 bridgehead atoms. The topological polar surface area (TPSA) is 107 Å². The lowest BCUT2D eigenvalue weighted by molar-refractivity contribution is 0.0571. The molecule has 270 valence electrons. The van der Waals surface area contributed by atoms with Crippen molar-refractivity contribution in [3.05, 3.63) is 83.4 Å². The number of hydrogen-bond acceptors (Lipinski definition) is 7. The van der Waals surface area contributed by atoms with E-state index in [4.69, 9.17) is 25.8 Å². The van der Waals surface area contributed by atoms with Gasteiger partial charge in [0.25, 0.3) is 5.91 Å². The second-order valence-electron chi connectivity index (χ2n) is 13.1. The Bertz CT molecular complexity index is 1590. The van der Waals surface area contributed by atoms with Crippen LogP contribution in [0.5, 0.6) is 5.75 Å². The zero-order chi connectivity index (χ0) is 36.2. The highest BCUT2D eigenvalue weighted by atomic mass is 127. The fourth-order valence-corrected chi connectivity index (χ4v) is 8.76. The van der Waals surface area contributed by atoms with Crippen molar-refractivity contribution in [1.82, 2.24) is 4.72 Å². The average Bonchev–Trinajstić information content (AvgIpc) is 3.05. The van der Waals surface area contributed by atoms with Gasteiger partial charge in [-0.1, -0.05) is 59.3 Å². The van der Waals surface area contributed by atoms with E-state index in [0.29, 0.717) is 49.0 Å². The molecule has 0 spiro atoms. The minimum Gasteiger partial charge on any atom is -0.491 e. The summed E-state index contributed by atoms with van der Waals surface area (Å²) in [6.07, 6.45) is 6.97. The summed E-state index contributed by atoms with van der Waals surface area (Å²) in [5.74, 6) is 0.0561. The predicted octanol–water partition coefficient (Wildman–Crippen LogP) is 9.11. The largest absolute Gasteiger partial charge is 0.491 e. The number of nitrogens with zero attached hydrogens (tertiary/aromatic N) is 2. The van der Waals surface area contributed by atoms with Gasteiger partial charge in [-0.3, -0.25) is 4.79 Å². The third kappa shape index (κ3) is 12.6. The van der Waals surface area contributed by atoms with Crippen LogP contribution in [0.25, 0.3) is 0 Å². The smallest absolute Gasteiger partial charge is 0.420 e. The van der Waals surface area contributed by atoms with E-state index in [9.17, 15) is 13.8 Å². The Morgan fingerprint density at radius 3 is 2.59 bits per heavy atom. The van der Waals surface area contributed by atoms with Crippen molar-refractivity contribution in [2.45, 2.75) is 88.4 Å². The molecule has 1 aliphatic rings. The number of methoxy groups -OCH3 is 1. The summed E-state index contributed by atoms with van der Waals surface area (Å²) < 4.78 is 38.0. The van der Waals surface area contributed by atoms with Gasteiger partial charge < -0.3 is 19.1 Å². The Morgan fingerprint density at radius 1 is 1.18 bits per heavy atom. The van der Waals surface area contributed by atoms with Crippen molar-refractivity contribution < 1.29 is 28.0 Å². The van der Waals surface area contributed by atoms with Crippen molar-refractivity contribution in [3.63, 3.8) is 0 Å². The van der Waals surface area contributed by atoms with Gasteiger partial charge in [-0.15, -0.1) is 17.5 Å². The first-order chi connectivity index (χ1) is 23.2. The lowest BCUT2D eigenvalue weighted by atomic mass is 9.94. The van der Waals surface area contributed by atoms with E-state index < -0.39 is 27.5 Å². The van der Waals surface area contributed by atoms with Crippen LogP contribution in [-0.4, -0.2) is 57.9 Å². The van der Waals surface area contributed by atoms with E-state index in [1.165, 1.54) is 5.56 Å². The van der Waals surface area contributed by atoms with Gasteiger partial charge in [0.1, 0.15) is 21.3 Å². The number of amides is 2. The zero-order valence-electron chi connectivity index (χ0n) is 29.3. The van der Waals surface area contributed by atoms with Crippen molar-refractivity contribution in [1.29, 1.82) is 0 Å². The van der Waals surface area contributed by atoms with Gasteiger partial charge in [0.15, 0.2) is 0 Å². The highest BCUT2D eigenvalue weighted by Gasteiger charge is 2.29. The third-order valence-corrected chi connectivity index (χ3v) is 11.5. The Morgan fingerprint density at radius 2 is 1.94 bits per heavy atom. The van der Waals surface area contributed by atoms with Crippen LogP contribution in [0.3, 0.4) is 0 Å². The van der Waals surface area contributed by atoms with Crippen molar-refractivity contribution in [2.75, 3.05) is 30.9 Å². The lowest BCUT2D eigenvalue weighted by Crippen LogP contribution is -2.38. The Balaban J connectivity index is 2.13. The maximum Gasteiger partial charge on any atom is 0.420 e. The number of unbranched alkanes of at least 4 members (excludes halogenated alkanes) is 1. The van der Waals surface area contributed by atoms with E-state index >= 15 is 0 Å². The number of benzene rings is 2. The highest BCUT2D eigenvalue weighted by Crippen LogP contribution is 2.36. The molecule has 1 N–H and O–H groups in total. The SMILES string of the molecule is C=CCCCS(=O)(=NC(=O)c1ccc2c(c1)N(C[C@H](I)[C@@H](CC)[C@H](C=C)OC)Cc1ccc(Cl)cc1CCCCO2)NC(=O)OC(C)(C)C. The second kappa shape index (κ2) is 19.1. The van der Waals surface area contributed by atoms with E-state index in [2.05, 4.69) is 62.7 Å². The second-order valence-corrected chi connectivity index (χ2v) is 17.2. The average molecular weight is 828 g/mol. The number of ether oxygens (including phenoxy) is 3.